The molecule has 3 unspecified atom stereocenters. The molecule has 0 saturated carbocycles. The lowest BCUT2D eigenvalue weighted by Gasteiger charge is -2.44. The van der Waals surface area contributed by atoms with Crippen molar-refractivity contribution in [2.45, 2.75) is 25.5 Å². The number of esters is 1. The third-order valence-corrected chi connectivity index (χ3v) is 5.67. The van der Waals surface area contributed by atoms with Crippen molar-refractivity contribution in [1.82, 2.24) is 10.0 Å². The van der Waals surface area contributed by atoms with Crippen LogP contribution in [0.2, 0.25) is 0 Å². The highest BCUT2D eigenvalue weighted by molar-refractivity contribution is 6.07. The molecule has 178 valence electrons. The molecule has 2 heterocycles. The Hall–Kier alpha value is -3.45. The van der Waals surface area contributed by atoms with Gasteiger partial charge in [0.25, 0.3) is 0 Å². The summed E-state index contributed by atoms with van der Waals surface area (Å²) in [6, 6.07) is 4.94. The Morgan fingerprint density at radius 1 is 1.39 bits per heavy atom. The first kappa shape index (κ1) is 24.2. The number of hydrazone groups is 1. The van der Waals surface area contributed by atoms with Gasteiger partial charge in [-0.15, -0.1) is 5.10 Å². The lowest BCUT2D eigenvalue weighted by atomic mass is 9.82. The minimum Gasteiger partial charge on any atom is -0.464 e. The molecule has 3 rings (SSSR count). The summed E-state index contributed by atoms with van der Waals surface area (Å²) in [6.45, 7) is 1.57. The Labute approximate surface area is 191 Å². The number of fused-ring (bicyclic) bond motifs is 1. The highest BCUT2D eigenvalue weighted by Crippen LogP contribution is 2.47. The zero-order valence-electron chi connectivity index (χ0n) is 19.1. The number of aliphatic hydroxyl groups is 1. The minimum atomic E-state index is -0.836. The number of nitrogens with zero attached hydrogens (tertiary/aromatic N) is 4. The van der Waals surface area contributed by atoms with Gasteiger partial charge in [-0.25, -0.2) is 21.6 Å². The van der Waals surface area contributed by atoms with Crippen molar-refractivity contribution in [1.29, 1.82) is 0 Å². The molecule has 2 aliphatic rings. The van der Waals surface area contributed by atoms with Crippen molar-refractivity contribution < 1.29 is 24.7 Å². The maximum atomic E-state index is 12.7. The molecule has 12 heteroatoms. The Balaban J connectivity index is 2.17. The van der Waals surface area contributed by atoms with Gasteiger partial charge in [-0.3, -0.25) is 9.80 Å². The van der Waals surface area contributed by atoms with Crippen LogP contribution in [0.5, 0.6) is 0 Å². The van der Waals surface area contributed by atoms with Gasteiger partial charge in [-0.05, 0) is 42.7 Å². The van der Waals surface area contributed by atoms with Crippen LogP contribution >= 0.6 is 0 Å². The van der Waals surface area contributed by atoms with E-state index < -0.39 is 18.0 Å². The van der Waals surface area contributed by atoms with Crippen LogP contribution in [-0.2, 0) is 14.3 Å². The van der Waals surface area contributed by atoms with Gasteiger partial charge < -0.3 is 25.8 Å². The van der Waals surface area contributed by atoms with Crippen LogP contribution in [-0.4, -0.2) is 66.2 Å². The van der Waals surface area contributed by atoms with Gasteiger partial charge in [-0.2, -0.15) is 0 Å². The number of ether oxygens (including phenoxy) is 1. The quantitative estimate of drug-likeness (QED) is 0.0730. The Bertz CT molecular complexity index is 1030. The van der Waals surface area contributed by atoms with Gasteiger partial charge in [0.1, 0.15) is 11.9 Å². The van der Waals surface area contributed by atoms with Crippen molar-refractivity contribution >= 4 is 29.0 Å². The van der Waals surface area contributed by atoms with Gasteiger partial charge in [-0.1, -0.05) is 0 Å². The number of amidine groups is 1. The molecule has 1 aromatic carbocycles. The molecular formula is C21H31N8O4+. The number of hydrogen-bond acceptors (Lipinski definition) is 9. The largest absolute Gasteiger partial charge is 0.464 e. The lowest BCUT2D eigenvalue weighted by Crippen LogP contribution is -2.72. The van der Waals surface area contributed by atoms with Crippen molar-refractivity contribution in [2.24, 2.45) is 28.4 Å². The summed E-state index contributed by atoms with van der Waals surface area (Å²) >= 11 is 0. The van der Waals surface area contributed by atoms with Crippen LogP contribution < -0.4 is 27.7 Å². The van der Waals surface area contributed by atoms with Gasteiger partial charge >= 0.3 is 5.97 Å². The fraction of sp³-hybridized carbons (Fsp3) is 0.381. The second kappa shape index (κ2) is 9.58. The lowest BCUT2D eigenvalue weighted by molar-refractivity contribution is -0.556. The maximum absolute atomic E-state index is 12.7. The molecular weight excluding hydrogens is 428 g/mol. The van der Waals surface area contributed by atoms with Gasteiger partial charge in [0, 0.05) is 12.6 Å². The molecule has 0 radical (unpaired) electrons. The van der Waals surface area contributed by atoms with Crippen LogP contribution in [0.1, 0.15) is 24.5 Å². The molecule has 9 N–H and O–H groups in total. The van der Waals surface area contributed by atoms with Crippen LogP contribution in [0.3, 0.4) is 0 Å². The number of aliphatic hydroxyl groups excluding tert-OH is 1. The Morgan fingerprint density at radius 2 is 2.09 bits per heavy atom. The number of nitrogens with two attached hydrogens (primary N) is 4. The van der Waals surface area contributed by atoms with E-state index in [1.807, 2.05) is 12.4 Å². The molecule has 0 bridgehead atoms. The zero-order valence-corrected chi connectivity index (χ0v) is 19.1. The SMILES string of the molecule is C[NH2+]/C=C\N(N)c1cc(C2=C(C(=O)OC)N3C(=O)C(C(C)O)C3C2)cc(/C(N)=N/N(C)N)c1. The number of rotatable bonds is 8. The van der Waals surface area contributed by atoms with Gasteiger partial charge in [0.15, 0.2) is 5.84 Å². The van der Waals surface area contributed by atoms with Crippen molar-refractivity contribution in [3.63, 3.8) is 0 Å². The number of β-lactam (4-membered cyclic amide) rings is 1. The number of quaternary nitrogens is 1. The fourth-order valence-electron chi connectivity index (χ4n) is 4.19. The summed E-state index contributed by atoms with van der Waals surface area (Å²) < 4.78 is 4.97. The summed E-state index contributed by atoms with van der Waals surface area (Å²) in [4.78, 5) is 26.8. The second-order valence-corrected chi connectivity index (χ2v) is 7.97. The maximum Gasteiger partial charge on any atom is 0.355 e. The van der Waals surface area contributed by atoms with E-state index >= 15 is 0 Å². The van der Waals surface area contributed by atoms with E-state index in [0.29, 0.717) is 28.8 Å². The predicted molar refractivity (Wildman–Crippen MR) is 122 cm³/mol. The second-order valence-electron chi connectivity index (χ2n) is 7.97. The number of benzene rings is 1. The normalized spacial score (nSPS) is 21.2. The molecule has 0 aromatic heterocycles. The summed E-state index contributed by atoms with van der Waals surface area (Å²) in [6.07, 6.45) is 2.96. The summed E-state index contributed by atoms with van der Waals surface area (Å²) in [5.74, 6) is 10.4. The van der Waals surface area contributed by atoms with Crippen molar-refractivity contribution in [3.8, 4) is 0 Å². The van der Waals surface area contributed by atoms with E-state index in [1.165, 1.54) is 24.1 Å². The first-order chi connectivity index (χ1) is 15.6. The van der Waals surface area contributed by atoms with Crippen molar-refractivity contribution in [2.75, 3.05) is 26.2 Å². The van der Waals surface area contributed by atoms with Crippen LogP contribution in [0.15, 0.2) is 41.4 Å². The van der Waals surface area contributed by atoms with E-state index in [4.69, 9.17) is 22.2 Å². The first-order valence-electron chi connectivity index (χ1n) is 10.4. The Morgan fingerprint density at radius 3 is 2.67 bits per heavy atom. The molecule has 1 fully saturated rings. The standard InChI is InChI=1S/C21H30N8O4/c1-11(30)17-16-10-15(18(21(32)33-4)29(16)20(17)31)12-7-13(19(22)26-27(3)23)9-14(8-12)28(24)6-5-25-2/h5-9,11,16-17,25,30H,10,23-24H2,1-4H3,(H2,22,26)/p+1/b6-5-. The molecule has 1 aromatic rings. The highest BCUT2D eigenvalue weighted by atomic mass is 16.5. The smallest absolute Gasteiger partial charge is 0.355 e. The monoisotopic (exact) mass is 459 g/mol. The Kier molecular flexibility index (Phi) is 7.03. The topological polar surface area (TPSA) is 180 Å². The van der Waals surface area contributed by atoms with Crippen LogP contribution in [0, 0.1) is 5.92 Å². The number of amides is 1. The fourth-order valence-corrected chi connectivity index (χ4v) is 4.19. The van der Waals surface area contributed by atoms with E-state index in [2.05, 4.69) is 5.10 Å². The van der Waals surface area contributed by atoms with Crippen LogP contribution in [0.25, 0.3) is 5.57 Å². The molecule has 0 aliphatic carbocycles. The van der Waals surface area contributed by atoms with Gasteiger partial charge in [0.05, 0.1) is 44.1 Å². The van der Waals surface area contributed by atoms with Crippen LogP contribution in [0.4, 0.5) is 5.69 Å². The molecule has 3 atom stereocenters. The first-order valence-corrected chi connectivity index (χ1v) is 10.4. The van der Waals surface area contributed by atoms with E-state index in [9.17, 15) is 14.7 Å². The molecule has 33 heavy (non-hydrogen) atoms. The third-order valence-electron chi connectivity index (χ3n) is 5.67. The summed E-state index contributed by atoms with van der Waals surface area (Å²) in [7, 11) is 4.65. The van der Waals surface area contributed by atoms with E-state index in [-0.39, 0.29) is 23.5 Å². The average molecular weight is 460 g/mol. The number of carbonyl (C=O) groups is 2. The van der Waals surface area contributed by atoms with E-state index in [0.717, 1.165) is 5.12 Å². The van der Waals surface area contributed by atoms with E-state index in [1.54, 1.807) is 37.5 Å². The van der Waals surface area contributed by atoms with Crippen molar-refractivity contribution in [3.05, 3.63) is 47.4 Å². The number of hydrazine groups is 2. The highest BCUT2D eigenvalue weighted by Gasteiger charge is 2.57. The molecule has 12 nitrogen and oxygen atoms in total. The minimum absolute atomic E-state index is 0.141. The third kappa shape index (κ3) is 4.54. The molecule has 1 saturated heterocycles. The van der Waals surface area contributed by atoms with Gasteiger partial charge in [0.2, 0.25) is 5.91 Å². The summed E-state index contributed by atoms with van der Waals surface area (Å²) in [5, 5.41) is 18.4. The number of anilines is 1. The zero-order chi connectivity index (χ0) is 24.4. The molecule has 0 spiro atoms. The molecule has 1 amide bonds. The number of methoxy groups -OCH3 is 1. The average Bonchev–Trinajstić information content (AvgIpc) is 3.10. The predicted octanol–water partition coefficient (Wildman–Crippen LogP) is -2.05. The summed E-state index contributed by atoms with van der Waals surface area (Å²) in [5.41, 5.74) is 8.61. The number of hydrogen-bond donors (Lipinski definition) is 5. The number of carbonyl (C=O) groups excluding carboxylic acids is 2. The molecule has 2 aliphatic heterocycles.